The molecule has 0 aromatic rings. The standard InChI is InChI=1S/C23H32F12O3/c1-16(2,3)11-14(17(4,5)6)15(36)38-19(22(30,31)32,23(33,34)35)13-9-7-12(8-10-13)18(37,20(24,25)26)21(27,28)29/h12-14,37H,7-11H2,1-6H3. The van der Waals surface area contributed by atoms with E-state index in [2.05, 4.69) is 4.74 Å². The van der Waals surface area contributed by atoms with Crippen molar-refractivity contribution in [3.8, 4) is 0 Å². The number of rotatable bonds is 5. The van der Waals surface area contributed by atoms with Gasteiger partial charge in [0.1, 0.15) is 0 Å². The lowest BCUT2D eigenvalue weighted by Gasteiger charge is -2.48. The summed E-state index contributed by atoms with van der Waals surface area (Å²) in [6.45, 7) is 8.95. The molecule has 1 N–H and O–H groups in total. The fourth-order valence-electron chi connectivity index (χ4n) is 4.95. The molecule has 1 saturated carbocycles. The van der Waals surface area contributed by atoms with Crippen LogP contribution in [0.1, 0.15) is 73.6 Å². The molecule has 0 aromatic carbocycles. The molecule has 1 aliphatic carbocycles. The molecule has 0 radical (unpaired) electrons. The van der Waals surface area contributed by atoms with Gasteiger partial charge in [-0.2, -0.15) is 52.7 Å². The maximum Gasteiger partial charge on any atom is 0.437 e. The summed E-state index contributed by atoms with van der Waals surface area (Å²) in [7, 11) is 0. The monoisotopic (exact) mass is 584 g/mol. The zero-order valence-corrected chi connectivity index (χ0v) is 21.6. The van der Waals surface area contributed by atoms with Crippen LogP contribution in [-0.4, -0.2) is 47.0 Å². The Labute approximate surface area is 212 Å². The van der Waals surface area contributed by atoms with E-state index in [0.29, 0.717) is 0 Å². The Morgan fingerprint density at radius 1 is 0.684 bits per heavy atom. The lowest BCUT2D eigenvalue weighted by atomic mass is 9.67. The van der Waals surface area contributed by atoms with Gasteiger partial charge in [-0.3, -0.25) is 4.79 Å². The van der Waals surface area contributed by atoms with E-state index in [1.165, 1.54) is 20.8 Å². The van der Waals surface area contributed by atoms with Gasteiger partial charge in [0.05, 0.1) is 5.92 Å². The number of alkyl halides is 12. The van der Waals surface area contributed by atoms with Crippen molar-refractivity contribution in [3.05, 3.63) is 0 Å². The Balaban J connectivity index is 3.56. The minimum atomic E-state index is -6.31. The summed E-state index contributed by atoms with van der Waals surface area (Å²) >= 11 is 0. The predicted molar refractivity (Wildman–Crippen MR) is 110 cm³/mol. The van der Waals surface area contributed by atoms with E-state index in [1.54, 1.807) is 20.8 Å². The van der Waals surface area contributed by atoms with E-state index in [1.807, 2.05) is 0 Å². The summed E-state index contributed by atoms with van der Waals surface area (Å²) in [4.78, 5) is 12.9. The maximum atomic E-state index is 14.2. The molecule has 1 fully saturated rings. The molecule has 0 amide bonds. The molecule has 38 heavy (non-hydrogen) atoms. The maximum absolute atomic E-state index is 14.2. The number of hydrogen-bond donors (Lipinski definition) is 1. The van der Waals surface area contributed by atoms with Gasteiger partial charge >= 0.3 is 36.3 Å². The average molecular weight is 584 g/mol. The van der Waals surface area contributed by atoms with E-state index in [4.69, 9.17) is 0 Å². The van der Waals surface area contributed by atoms with Gasteiger partial charge in [-0.1, -0.05) is 41.5 Å². The summed E-state index contributed by atoms with van der Waals surface area (Å²) in [6, 6.07) is 0. The van der Waals surface area contributed by atoms with Crippen LogP contribution in [0.25, 0.3) is 0 Å². The van der Waals surface area contributed by atoms with Gasteiger partial charge < -0.3 is 9.84 Å². The molecule has 226 valence electrons. The zero-order chi connectivity index (χ0) is 30.6. The fraction of sp³-hybridized carbons (Fsp3) is 0.957. The van der Waals surface area contributed by atoms with Gasteiger partial charge in [-0.25, -0.2) is 0 Å². The van der Waals surface area contributed by atoms with Crippen LogP contribution in [-0.2, 0) is 9.53 Å². The highest BCUT2D eigenvalue weighted by Gasteiger charge is 2.79. The summed E-state index contributed by atoms with van der Waals surface area (Å²) in [5.41, 5.74) is -12.4. The first kappa shape index (κ1) is 34.6. The predicted octanol–water partition coefficient (Wildman–Crippen LogP) is 8.15. The molecule has 0 aromatic heterocycles. The quantitative estimate of drug-likeness (QED) is 0.262. The van der Waals surface area contributed by atoms with Crippen molar-refractivity contribution in [1.29, 1.82) is 0 Å². The van der Waals surface area contributed by atoms with Gasteiger partial charge in [0.25, 0.3) is 5.60 Å². The third kappa shape index (κ3) is 6.65. The molecule has 1 atom stereocenters. The Morgan fingerprint density at radius 3 is 1.29 bits per heavy atom. The normalized spacial score (nSPS) is 22.3. The van der Waals surface area contributed by atoms with Crippen molar-refractivity contribution in [2.75, 3.05) is 0 Å². The van der Waals surface area contributed by atoms with Crippen molar-refractivity contribution < 1.29 is 67.3 Å². The number of hydrogen-bond acceptors (Lipinski definition) is 3. The molecule has 15 heteroatoms. The Bertz CT molecular complexity index is 790. The Kier molecular flexibility index (Phi) is 9.30. The smallest absolute Gasteiger partial charge is 0.437 e. The number of carbonyl (C=O) groups excluding carboxylic acids is 1. The van der Waals surface area contributed by atoms with E-state index in [0.717, 1.165) is 0 Å². The third-order valence-corrected chi connectivity index (χ3v) is 7.01. The van der Waals surface area contributed by atoms with Crippen LogP contribution in [0.2, 0.25) is 0 Å². The molecule has 0 spiro atoms. The summed E-state index contributed by atoms with van der Waals surface area (Å²) in [5.74, 6) is -8.82. The molecule has 0 aliphatic heterocycles. The molecule has 1 rings (SSSR count). The van der Waals surface area contributed by atoms with Crippen LogP contribution in [0.5, 0.6) is 0 Å². The number of halogens is 12. The summed E-state index contributed by atoms with van der Waals surface area (Å²) in [6.07, 6.45) is -31.3. The molecule has 0 saturated heterocycles. The van der Waals surface area contributed by atoms with Gasteiger partial charge in [0.2, 0.25) is 0 Å². The lowest BCUT2D eigenvalue weighted by molar-refractivity contribution is -0.399. The number of carbonyl (C=O) groups is 1. The summed E-state index contributed by atoms with van der Waals surface area (Å²) < 4.78 is 169. The highest BCUT2D eigenvalue weighted by atomic mass is 19.4. The highest BCUT2D eigenvalue weighted by Crippen LogP contribution is 2.58. The van der Waals surface area contributed by atoms with Gasteiger partial charge in [0.15, 0.2) is 0 Å². The second-order valence-corrected chi connectivity index (χ2v) is 12.1. The molecule has 3 nitrogen and oxygen atoms in total. The first-order valence-electron chi connectivity index (χ1n) is 11.7. The van der Waals surface area contributed by atoms with Crippen molar-refractivity contribution in [2.24, 2.45) is 28.6 Å². The van der Waals surface area contributed by atoms with Crippen LogP contribution in [0.15, 0.2) is 0 Å². The van der Waals surface area contributed by atoms with E-state index >= 15 is 0 Å². The topological polar surface area (TPSA) is 46.5 Å². The number of aliphatic hydroxyl groups is 1. The Morgan fingerprint density at radius 2 is 1.03 bits per heavy atom. The number of ether oxygens (including phenoxy) is 1. The van der Waals surface area contributed by atoms with Crippen LogP contribution < -0.4 is 0 Å². The second-order valence-electron chi connectivity index (χ2n) is 12.1. The van der Waals surface area contributed by atoms with Crippen LogP contribution in [0.3, 0.4) is 0 Å². The van der Waals surface area contributed by atoms with Crippen LogP contribution in [0.4, 0.5) is 52.7 Å². The van der Waals surface area contributed by atoms with Gasteiger partial charge in [-0.15, -0.1) is 0 Å². The zero-order valence-electron chi connectivity index (χ0n) is 21.6. The number of esters is 1. The van der Waals surface area contributed by atoms with Crippen LogP contribution >= 0.6 is 0 Å². The molecule has 1 aliphatic rings. The third-order valence-electron chi connectivity index (χ3n) is 7.01. The van der Waals surface area contributed by atoms with Crippen molar-refractivity contribution >= 4 is 5.97 Å². The van der Waals surface area contributed by atoms with Crippen molar-refractivity contribution in [3.63, 3.8) is 0 Å². The lowest BCUT2D eigenvalue weighted by Crippen LogP contribution is -2.66. The van der Waals surface area contributed by atoms with E-state index in [9.17, 15) is 62.6 Å². The molecule has 1 unspecified atom stereocenters. The summed E-state index contributed by atoms with van der Waals surface area (Å²) in [5, 5.41) is 9.55. The Hall–Kier alpha value is -1.41. The van der Waals surface area contributed by atoms with E-state index in [-0.39, 0.29) is 6.42 Å². The first-order valence-corrected chi connectivity index (χ1v) is 11.7. The average Bonchev–Trinajstić information content (AvgIpc) is 2.64. The molecular weight excluding hydrogens is 552 g/mol. The van der Waals surface area contributed by atoms with Crippen LogP contribution in [0, 0.1) is 28.6 Å². The largest absolute Gasteiger partial charge is 0.439 e. The van der Waals surface area contributed by atoms with E-state index < -0.39 is 96.1 Å². The first-order chi connectivity index (χ1) is 16.4. The minimum absolute atomic E-state index is 0.182. The second kappa shape index (κ2) is 10.2. The molecular formula is C23H32F12O3. The van der Waals surface area contributed by atoms with Gasteiger partial charge in [0, 0.05) is 11.8 Å². The highest BCUT2D eigenvalue weighted by molar-refractivity contribution is 5.74. The van der Waals surface area contributed by atoms with Gasteiger partial charge in [-0.05, 0) is 42.9 Å². The van der Waals surface area contributed by atoms with Crippen molar-refractivity contribution in [2.45, 2.75) is 110 Å². The SMILES string of the molecule is CC(C)(C)CC(C(=O)OC(C1CCC(C(O)(C(F)(F)F)C(F)(F)F)CC1)(C(F)(F)F)C(F)(F)F)C(C)(C)C. The molecule has 0 bridgehead atoms. The minimum Gasteiger partial charge on any atom is -0.439 e. The fourth-order valence-corrected chi connectivity index (χ4v) is 4.95. The van der Waals surface area contributed by atoms with Crippen molar-refractivity contribution in [1.82, 2.24) is 0 Å². The molecule has 0 heterocycles.